The van der Waals surface area contributed by atoms with Crippen LogP contribution in [0.3, 0.4) is 0 Å². The summed E-state index contributed by atoms with van der Waals surface area (Å²) in [6, 6.07) is 4.16. The van der Waals surface area contributed by atoms with E-state index in [4.69, 9.17) is 0 Å². The third-order valence-electron chi connectivity index (χ3n) is 2.53. The monoisotopic (exact) mass is 173 g/mol. The number of imidazole rings is 1. The van der Waals surface area contributed by atoms with E-state index in [2.05, 4.69) is 27.1 Å². The molecule has 1 N–H and O–H groups in total. The number of nitrogens with one attached hydrogen (secondary N) is 1. The maximum atomic E-state index is 4.47. The lowest BCUT2D eigenvalue weighted by atomic mass is 10.2. The second-order valence-corrected chi connectivity index (χ2v) is 3.72. The second-order valence-electron chi connectivity index (χ2n) is 3.72. The first kappa shape index (κ1) is 7.06. The van der Waals surface area contributed by atoms with Gasteiger partial charge in [0.2, 0.25) is 0 Å². The third-order valence-corrected chi connectivity index (χ3v) is 2.53. The molecule has 13 heavy (non-hydrogen) atoms. The maximum Gasteiger partial charge on any atom is 0.177 e. The number of fused-ring (bicyclic) bond motifs is 1. The first-order valence-electron chi connectivity index (χ1n) is 4.71. The van der Waals surface area contributed by atoms with Crippen molar-refractivity contribution in [2.75, 3.05) is 0 Å². The number of aromatic nitrogens is 3. The largest absolute Gasteiger partial charge is 0.343 e. The van der Waals surface area contributed by atoms with Gasteiger partial charge >= 0.3 is 0 Å². The zero-order chi connectivity index (χ0) is 8.67. The highest BCUT2D eigenvalue weighted by Gasteiger charge is 2.22. The van der Waals surface area contributed by atoms with Gasteiger partial charge in [-0.05, 0) is 37.3 Å². The molecule has 0 bridgehead atoms. The van der Waals surface area contributed by atoms with Crippen molar-refractivity contribution >= 4 is 11.2 Å². The lowest BCUT2D eigenvalue weighted by Crippen LogP contribution is -1.91. The van der Waals surface area contributed by atoms with Crippen molar-refractivity contribution in [3.63, 3.8) is 0 Å². The van der Waals surface area contributed by atoms with E-state index in [-0.39, 0.29) is 0 Å². The Balaban J connectivity index is 1.99. The summed E-state index contributed by atoms with van der Waals surface area (Å²) in [4.78, 5) is 11.7. The molecule has 1 aliphatic carbocycles. The quantitative estimate of drug-likeness (QED) is 0.753. The molecule has 3 heteroatoms. The highest BCUT2D eigenvalue weighted by Crippen LogP contribution is 2.32. The highest BCUT2D eigenvalue weighted by atomic mass is 14.9. The average Bonchev–Trinajstić information content (AvgIpc) is 2.83. The molecule has 0 aliphatic heterocycles. The SMILES string of the molecule is c1nc2nc(CC3CC3)ccc2[nH]1. The Labute approximate surface area is 76.2 Å². The fourth-order valence-corrected chi connectivity index (χ4v) is 1.59. The van der Waals surface area contributed by atoms with E-state index in [1.807, 2.05) is 0 Å². The molecule has 0 spiro atoms. The molecule has 3 rings (SSSR count). The van der Waals surface area contributed by atoms with Crippen LogP contribution in [0.1, 0.15) is 18.5 Å². The minimum Gasteiger partial charge on any atom is -0.343 e. The van der Waals surface area contributed by atoms with E-state index in [1.165, 1.54) is 18.5 Å². The molecule has 3 nitrogen and oxygen atoms in total. The molecule has 0 saturated heterocycles. The van der Waals surface area contributed by atoms with Gasteiger partial charge in [-0.1, -0.05) is 0 Å². The smallest absolute Gasteiger partial charge is 0.177 e. The van der Waals surface area contributed by atoms with E-state index in [0.717, 1.165) is 23.5 Å². The maximum absolute atomic E-state index is 4.47. The lowest BCUT2D eigenvalue weighted by molar-refractivity contribution is 0.808. The molecule has 2 heterocycles. The van der Waals surface area contributed by atoms with Crippen LogP contribution >= 0.6 is 0 Å². The topological polar surface area (TPSA) is 41.6 Å². The first-order valence-corrected chi connectivity index (χ1v) is 4.71. The van der Waals surface area contributed by atoms with Crippen LogP contribution in [0.2, 0.25) is 0 Å². The van der Waals surface area contributed by atoms with Crippen LogP contribution in [0.4, 0.5) is 0 Å². The van der Waals surface area contributed by atoms with Crippen molar-refractivity contribution in [3.05, 3.63) is 24.2 Å². The van der Waals surface area contributed by atoms with Crippen molar-refractivity contribution in [2.45, 2.75) is 19.3 Å². The summed E-state index contributed by atoms with van der Waals surface area (Å²) in [7, 11) is 0. The predicted octanol–water partition coefficient (Wildman–Crippen LogP) is 1.91. The summed E-state index contributed by atoms with van der Waals surface area (Å²) >= 11 is 0. The molecule has 0 radical (unpaired) electrons. The second kappa shape index (κ2) is 2.55. The Morgan fingerprint density at radius 1 is 1.38 bits per heavy atom. The predicted molar refractivity (Wildman–Crippen MR) is 50.3 cm³/mol. The fourth-order valence-electron chi connectivity index (χ4n) is 1.59. The van der Waals surface area contributed by atoms with Gasteiger partial charge in [0.25, 0.3) is 0 Å². The molecular weight excluding hydrogens is 162 g/mol. The molecule has 66 valence electrons. The molecular formula is C10H11N3. The van der Waals surface area contributed by atoms with Crippen molar-refractivity contribution in [2.24, 2.45) is 5.92 Å². The molecule has 0 unspecified atom stereocenters. The minimum absolute atomic E-state index is 0.846. The van der Waals surface area contributed by atoms with E-state index >= 15 is 0 Å². The first-order chi connectivity index (χ1) is 6.42. The van der Waals surface area contributed by atoms with E-state index in [1.54, 1.807) is 6.33 Å². The van der Waals surface area contributed by atoms with E-state index < -0.39 is 0 Å². The normalized spacial score (nSPS) is 16.6. The minimum atomic E-state index is 0.846. The number of aromatic amines is 1. The molecule has 1 aliphatic rings. The molecule has 1 fully saturated rings. The fraction of sp³-hybridized carbons (Fsp3) is 0.400. The lowest BCUT2D eigenvalue weighted by Gasteiger charge is -1.96. The number of nitrogens with zero attached hydrogens (tertiary/aromatic N) is 2. The Hall–Kier alpha value is -1.38. The van der Waals surface area contributed by atoms with Crippen LogP contribution < -0.4 is 0 Å². The molecule has 0 amide bonds. The van der Waals surface area contributed by atoms with Crippen molar-refractivity contribution < 1.29 is 0 Å². The number of hydrogen-bond donors (Lipinski definition) is 1. The van der Waals surface area contributed by atoms with Gasteiger partial charge in [0.05, 0.1) is 11.8 Å². The van der Waals surface area contributed by atoms with Crippen LogP contribution in [0, 0.1) is 5.92 Å². The summed E-state index contributed by atoms with van der Waals surface area (Å²) in [5.41, 5.74) is 3.06. The standard InChI is InChI=1S/C10H11N3/c1-2-7(1)5-8-3-4-9-10(13-8)12-6-11-9/h3-4,6-7H,1-2,5H2,(H,11,12,13). The number of pyridine rings is 1. The molecule has 2 aromatic heterocycles. The zero-order valence-corrected chi connectivity index (χ0v) is 7.33. The Morgan fingerprint density at radius 2 is 2.31 bits per heavy atom. The Bertz CT molecular complexity index is 428. The molecule has 0 atom stereocenters. The third kappa shape index (κ3) is 1.30. The van der Waals surface area contributed by atoms with Gasteiger partial charge < -0.3 is 4.98 Å². The van der Waals surface area contributed by atoms with Crippen molar-refractivity contribution in [1.82, 2.24) is 15.0 Å². The average molecular weight is 173 g/mol. The summed E-state index contributed by atoms with van der Waals surface area (Å²) in [6.07, 6.45) is 5.57. The van der Waals surface area contributed by atoms with Gasteiger partial charge in [-0.25, -0.2) is 9.97 Å². The van der Waals surface area contributed by atoms with Crippen molar-refractivity contribution in [1.29, 1.82) is 0 Å². The van der Waals surface area contributed by atoms with Crippen LogP contribution in [-0.2, 0) is 6.42 Å². The van der Waals surface area contributed by atoms with Crippen LogP contribution in [0.25, 0.3) is 11.2 Å². The van der Waals surface area contributed by atoms with Gasteiger partial charge in [0, 0.05) is 5.69 Å². The zero-order valence-electron chi connectivity index (χ0n) is 7.33. The summed E-state index contributed by atoms with van der Waals surface area (Å²) in [5, 5.41) is 0. The van der Waals surface area contributed by atoms with Crippen LogP contribution in [0.15, 0.2) is 18.5 Å². The summed E-state index contributed by atoms with van der Waals surface area (Å²) in [5.74, 6) is 0.892. The van der Waals surface area contributed by atoms with Gasteiger partial charge in [-0.15, -0.1) is 0 Å². The van der Waals surface area contributed by atoms with Crippen molar-refractivity contribution in [3.8, 4) is 0 Å². The highest BCUT2D eigenvalue weighted by molar-refractivity contribution is 5.69. The van der Waals surface area contributed by atoms with Gasteiger partial charge in [0.1, 0.15) is 0 Å². The van der Waals surface area contributed by atoms with Crippen LogP contribution in [-0.4, -0.2) is 15.0 Å². The Kier molecular flexibility index (Phi) is 1.39. The molecule has 2 aromatic rings. The molecule has 0 aromatic carbocycles. The van der Waals surface area contributed by atoms with Crippen LogP contribution in [0.5, 0.6) is 0 Å². The number of hydrogen-bond acceptors (Lipinski definition) is 2. The van der Waals surface area contributed by atoms with E-state index in [9.17, 15) is 0 Å². The summed E-state index contributed by atoms with van der Waals surface area (Å²) in [6.45, 7) is 0. The Morgan fingerprint density at radius 3 is 3.15 bits per heavy atom. The number of rotatable bonds is 2. The number of H-pyrrole nitrogens is 1. The van der Waals surface area contributed by atoms with Gasteiger partial charge in [-0.2, -0.15) is 0 Å². The molecule has 1 saturated carbocycles. The van der Waals surface area contributed by atoms with Gasteiger partial charge in [0.15, 0.2) is 5.65 Å². The van der Waals surface area contributed by atoms with E-state index in [0.29, 0.717) is 0 Å². The van der Waals surface area contributed by atoms with Gasteiger partial charge in [-0.3, -0.25) is 0 Å². The summed E-state index contributed by atoms with van der Waals surface area (Å²) < 4.78 is 0.